The first-order valence-corrected chi connectivity index (χ1v) is 23.2. The Labute approximate surface area is 353 Å². The van der Waals surface area contributed by atoms with Crippen LogP contribution in [0.2, 0.25) is 0 Å². The van der Waals surface area contributed by atoms with Crippen LogP contribution in [0.1, 0.15) is 162 Å². The fraction of sp³-hybridized carbons (Fsp3) is 0.510. The molecular weight excluding hydrogens is 739 g/mol. The fourth-order valence-corrected chi connectivity index (χ4v) is 9.38. The number of thioether (sulfide) groups is 1. The normalized spacial score (nSPS) is 17.2. The van der Waals surface area contributed by atoms with Gasteiger partial charge in [0.25, 0.3) is 0 Å². The third-order valence-corrected chi connectivity index (χ3v) is 12.9. The van der Waals surface area contributed by atoms with Crippen LogP contribution in [0.5, 0.6) is 11.5 Å². The second-order valence-electron chi connectivity index (χ2n) is 16.1. The van der Waals surface area contributed by atoms with Gasteiger partial charge in [0.05, 0.1) is 24.8 Å². The Kier molecular flexibility index (Phi) is 19.7. The van der Waals surface area contributed by atoms with Gasteiger partial charge in [-0.3, -0.25) is 4.99 Å². The molecular formula is C51H67NO5S. The first-order chi connectivity index (χ1) is 28.5. The minimum atomic E-state index is -0.395. The highest BCUT2D eigenvalue weighted by Crippen LogP contribution is 2.40. The lowest BCUT2D eigenvalue weighted by atomic mass is 9.77. The zero-order chi connectivity index (χ0) is 40.8. The number of carbonyl (C=O) groups excluding carboxylic acids is 2. The molecule has 0 N–H and O–H groups in total. The summed E-state index contributed by atoms with van der Waals surface area (Å²) in [6.45, 7) is 8.96. The Morgan fingerprint density at radius 2 is 1.59 bits per heavy atom. The number of esters is 2. The van der Waals surface area contributed by atoms with E-state index in [4.69, 9.17) is 19.2 Å². The topological polar surface area (TPSA) is 74.2 Å². The van der Waals surface area contributed by atoms with Gasteiger partial charge in [-0.05, 0) is 136 Å². The van der Waals surface area contributed by atoms with E-state index in [0.717, 1.165) is 62.8 Å². The number of hydrogen-bond acceptors (Lipinski definition) is 7. The smallest absolute Gasteiger partial charge is 0.343 e. The minimum Gasteiger partial charge on any atom is -0.494 e. The maximum Gasteiger partial charge on any atom is 0.343 e. The number of nitrogens with zero attached hydrogens (tertiary/aromatic N) is 1. The van der Waals surface area contributed by atoms with E-state index in [2.05, 4.69) is 62.9 Å². The van der Waals surface area contributed by atoms with Gasteiger partial charge in [-0.25, -0.2) is 9.59 Å². The summed E-state index contributed by atoms with van der Waals surface area (Å²) >= 11 is 1.88. The minimum absolute atomic E-state index is 0.0496. The van der Waals surface area contributed by atoms with Crippen LogP contribution in [0, 0.1) is 5.92 Å². The summed E-state index contributed by atoms with van der Waals surface area (Å²) in [7, 11) is 0. The largest absolute Gasteiger partial charge is 0.494 e. The molecule has 1 aliphatic heterocycles. The van der Waals surface area contributed by atoms with Crippen LogP contribution in [0.3, 0.4) is 0 Å². The van der Waals surface area contributed by atoms with E-state index in [-0.39, 0.29) is 12.0 Å². The molecule has 58 heavy (non-hydrogen) atoms. The zero-order valence-electron chi connectivity index (χ0n) is 35.3. The van der Waals surface area contributed by atoms with Gasteiger partial charge in [0, 0.05) is 27.7 Å². The summed E-state index contributed by atoms with van der Waals surface area (Å²) in [5, 5.41) is 0. The molecule has 3 aromatic carbocycles. The molecule has 2 aliphatic rings. The molecule has 3 aromatic rings. The van der Waals surface area contributed by atoms with E-state index in [0.29, 0.717) is 36.2 Å². The van der Waals surface area contributed by atoms with Gasteiger partial charge in [-0.1, -0.05) is 114 Å². The van der Waals surface area contributed by atoms with Crippen molar-refractivity contribution in [1.82, 2.24) is 0 Å². The summed E-state index contributed by atoms with van der Waals surface area (Å²) in [5.41, 5.74) is 4.07. The fourth-order valence-electron chi connectivity index (χ4n) is 8.16. The van der Waals surface area contributed by atoms with Crippen LogP contribution >= 0.6 is 11.8 Å². The van der Waals surface area contributed by atoms with E-state index in [1.54, 1.807) is 12.1 Å². The van der Waals surface area contributed by atoms with Crippen molar-refractivity contribution in [3.63, 3.8) is 0 Å². The molecule has 1 aliphatic carbocycles. The lowest BCUT2D eigenvalue weighted by Gasteiger charge is -2.29. The van der Waals surface area contributed by atoms with Crippen LogP contribution in [-0.4, -0.2) is 37.4 Å². The maximum absolute atomic E-state index is 13.6. The lowest BCUT2D eigenvalue weighted by Crippen LogP contribution is -2.14. The summed E-state index contributed by atoms with van der Waals surface area (Å²) in [4.78, 5) is 32.8. The molecule has 5 rings (SSSR count). The van der Waals surface area contributed by atoms with Crippen molar-refractivity contribution in [2.75, 3.05) is 13.2 Å². The Bertz CT molecular complexity index is 1770. The number of aryl methyl sites for hydroxylation is 1. The van der Waals surface area contributed by atoms with Crippen molar-refractivity contribution >= 4 is 29.9 Å². The van der Waals surface area contributed by atoms with Crippen LogP contribution in [0.25, 0.3) is 0 Å². The van der Waals surface area contributed by atoms with E-state index < -0.39 is 5.97 Å². The van der Waals surface area contributed by atoms with Gasteiger partial charge in [0.2, 0.25) is 0 Å². The van der Waals surface area contributed by atoms with Crippen LogP contribution in [-0.2, 0) is 16.0 Å². The van der Waals surface area contributed by atoms with Crippen LogP contribution in [0.4, 0.5) is 0 Å². The van der Waals surface area contributed by atoms with Crippen molar-refractivity contribution in [2.24, 2.45) is 10.9 Å². The van der Waals surface area contributed by atoms with E-state index >= 15 is 0 Å². The molecule has 7 heteroatoms. The first kappa shape index (κ1) is 45.0. The molecule has 312 valence electrons. The second-order valence-corrected chi connectivity index (χ2v) is 17.2. The molecule has 1 heterocycles. The number of fused-ring (bicyclic) bond motifs is 1. The quantitative estimate of drug-likeness (QED) is 0.0295. The van der Waals surface area contributed by atoms with Crippen LogP contribution in [0.15, 0.2) is 100 Å². The highest BCUT2D eigenvalue weighted by molar-refractivity contribution is 8.03. The lowest BCUT2D eigenvalue weighted by molar-refractivity contribution is -0.137. The molecule has 1 atom stereocenters. The number of ether oxygens (including phenoxy) is 3. The monoisotopic (exact) mass is 805 g/mol. The van der Waals surface area contributed by atoms with E-state index in [9.17, 15) is 9.59 Å². The van der Waals surface area contributed by atoms with Crippen molar-refractivity contribution in [3.05, 3.63) is 113 Å². The number of rotatable bonds is 24. The Morgan fingerprint density at radius 1 is 0.845 bits per heavy atom. The molecule has 1 saturated carbocycles. The molecule has 0 saturated heterocycles. The summed E-state index contributed by atoms with van der Waals surface area (Å²) in [6.07, 6.45) is 27.3. The second kappa shape index (κ2) is 25.4. The van der Waals surface area contributed by atoms with E-state index in [1.807, 2.05) is 36.2 Å². The zero-order valence-corrected chi connectivity index (χ0v) is 36.1. The number of aliphatic imine (C=N–C) groups is 1. The number of carbonyl (C=O) groups is 2. The number of benzene rings is 3. The Balaban J connectivity index is 1.28. The average Bonchev–Trinajstić information content (AvgIpc) is 3.47. The van der Waals surface area contributed by atoms with Gasteiger partial charge >= 0.3 is 11.9 Å². The summed E-state index contributed by atoms with van der Waals surface area (Å²) in [6, 6.07) is 22.4. The highest BCUT2D eigenvalue weighted by atomic mass is 32.2. The molecule has 0 radical (unpaired) electrons. The number of allylic oxidation sites excluding steroid dienone is 1. The van der Waals surface area contributed by atoms with Gasteiger partial charge in [0.1, 0.15) is 11.5 Å². The average molecular weight is 806 g/mol. The molecule has 1 fully saturated rings. The molecule has 6 nitrogen and oxygen atoms in total. The summed E-state index contributed by atoms with van der Waals surface area (Å²) < 4.78 is 17.2. The third-order valence-electron chi connectivity index (χ3n) is 11.6. The summed E-state index contributed by atoms with van der Waals surface area (Å²) in [5.74, 6) is 1.83. The predicted octanol–water partition coefficient (Wildman–Crippen LogP) is 13.8. The number of hydrogen-bond donors (Lipinski definition) is 0. The molecule has 0 spiro atoms. The van der Waals surface area contributed by atoms with Crippen molar-refractivity contribution in [1.29, 1.82) is 0 Å². The predicted molar refractivity (Wildman–Crippen MR) is 241 cm³/mol. The number of unbranched alkanes of at least 4 members (excludes halogenated alkanes) is 8. The molecule has 0 aromatic heterocycles. The van der Waals surface area contributed by atoms with E-state index in [1.165, 1.54) is 97.6 Å². The maximum atomic E-state index is 13.6. The first-order valence-electron chi connectivity index (χ1n) is 22.3. The van der Waals surface area contributed by atoms with Gasteiger partial charge in [0.15, 0.2) is 0 Å². The molecule has 0 bridgehead atoms. The third kappa shape index (κ3) is 14.9. The standard InChI is InChI=1S/C51H67NO5S/c1-4-7-8-9-10-13-22-46(49-24-18-21-41-20-14-15-23-48(41)58-49)52-38-44-37-43(40-27-25-39(19-5-2)26-28-40)31-34-47(44)57-51(54)42-29-32-45(33-30-42)55-35-16-11-12-17-36-56-50(53)6-3/h6,14-15,20,23-24,29-34,37-40,46H,3-5,7-13,16-19,21-22,25-28,35-36H2,1-2H3. The molecule has 1 unspecified atom stereocenters. The SMILES string of the molecule is C=CC(=O)OCCCCCCOc1ccc(C(=O)Oc2ccc(C3CCC(CCC)CC3)cc2C=NC(CCCCCCCC)C2=CCCc3ccccc3S2)cc1. The van der Waals surface area contributed by atoms with Crippen molar-refractivity contribution in [2.45, 2.75) is 153 Å². The highest BCUT2D eigenvalue weighted by Gasteiger charge is 2.24. The molecule has 0 amide bonds. The van der Waals surface area contributed by atoms with Gasteiger partial charge in [-0.15, -0.1) is 0 Å². The van der Waals surface area contributed by atoms with Gasteiger partial charge < -0.3 is 14.2 Å². The Hall–Kier alpha value is -4.10. The Morgan fingerprint density at radius 3 is 2.36 bits per heavy atom. The van der Waals surface area contributed by atoms with Crippen LogP contribution < -0.4 is 9.47 Å². The van der Waals surface area contributed by atoms with Crippen molar-refractivity contribution < 1.29 is 23.8 Å². The van der Waals surface area contributed by atoms with Crippen molar-refractivity contribution in [3.8, 4) is 11.5 Å². The van der Waals surface area contributed by atoms with Gasteiger partial charge in [-0.2, -0.15) is 0 Å².